The van der Waals surface area contributed by atoms with Crippen LogP contribution in [0.4, 0.5) is 5.82 Å². The summed E-state index contributed by atoms with van der Waals surface area (Å²) in [7, 11) is 1.92. The second-order valence-corrected chi connectivity index (χ2v) is 7.29. The van der Waals surface area contributed by atoms with Crippen molar-refractivity contribution in [3.63, 3.8) is 0 Å². The zero-order valence-corrected chi connectivity index (χ0v) is 14.8. The van der Waals surface area contributed by atoms with Crippen LogP contribution in [0.25, 0.3) is 0 Å². The lowest BCUT2D eigenvalue weighted by atomic mass is 10.1. The van der Waals surface area contributed by atoms with E-state index in [1.807, 2.05) is 48.0 Å². The van der Waals surface area contributed by atoms with E-state index in [1.165, 1.54) is 0 Å². The van der Waals surface area contributed by atoms with Gasteiger partial charge in [0.25, 0.3) is 5.91 Å². The predicted octanol–water partition coefficient (Wildman–Crippen LogP) is 3.22. The van der Waals surface area contributed by atoms with Crippen LogP contribution in [-0.2, 0) is 13.6 Å². The molecule has 1 atom stereocenters. The zero-order valence-electron chi connectivity index (χ0n) is 14.0. The molecule has 0 spiro atoms. The van der Waals surface area contributed by atoms with Crippen molar-refractivity contribution in [2.45, 2.75) is 23.9 Å². The average Bonchev–Trinajstić information content (AvgIpc) is 3.19. The minimum atomic E-state index is 0.00820. The Morgan fingerprint density at radius 3 is 2.84 bits per heavy atom. The molecular formula is C18H17N5OS. The Labute approximate surface area is 149 Å². The van der Waals surface area contributed by atoms with Crippen molar-refractivity contribution in [3.8, 4) is 0 Å². The number of amides is 1. The summed E-state index contributed by atoms with van der Waals surface area (Å²) in [6.45, 7) is 2.68. The molecule has 1 amide bonds. The molecule has 7 heteroatoms. The van der Waals surface area contributed by atoms with Gasteiger partial charge in [-0.05, 0) is 36.2 Å². The third kappa shape index (κ3) is 2.91. The van der Waals surface area contributed by atoms with Crippen LogP contribution >= 0.6 is 11.8 Å². The van der Waals surface area contributed by atoms with Gasteiger partial charge in [-0.3, -0.25) is 9.69 Å². The van der Waals surface area contributed by atoms with E-state index in [0.29, 0.717) is 12.4 Å². The number of aromatic nitrogens is 4. The molecule has 1 aromatic carbocycles. The van der Waals surface area contributed by atoms with Crippen molar-refractivity contribution in [2.24, 2.45) is 7.05 Å². The standard InChI is InChI=1S/C18H17N5OS/c1-12(25-18-21-20-11-22(18)2)13-7-8-19-16(9-13)23-10-14-5-3-4-6-15(14)17(23)24/h3-9,11-12H,10H2,1-2H3. The average molecular weight is 351 g/mol. The van der Waals surface area contributed by atoms with Gasteiger partial charge in [-0.2, -0.15) is 0 Å². The normalized spacial score (nSPS) is 14.6. The molecule has 0 N–H and O–H groups in total. The van der Waals surface area contributed by atoms with Gasteiger partial charge in [-0.25, -0.2) is 4.98 Å². The summed E-state index contributed by atoms with van der Waals surface area (Å²) in [4.78, 5) is 18.8. The maximum atomic E-state index is 12.6. The monoisotopic (exact) mass is 351 g/mol. The molecule has 4 rings (SSSR count). The molecule has 0 radical (unpaired) electrons. The highest BCUT2D eigenvalue weighted by molar-refractivity contribution is 7.99. The molecule has 0 aliphatic carbocycles. The maximum absolute atomic E-state index is 12.6. The van der Waals surface area contributed by atoms with E-state index in [-0.39, 0.29) is 11.2 Å². The van der Waals surface area contributed by atoms with Crippen LogP contribution in [0.2, 0.25) is 0 Å². The minimum absolute atomic E-state index is 0.00820. The molecule has 2 aromatic heterocycles. The smallest absolute Gasteiger partial charge is 0.260 e. The Balaban J connectivity index is 1.58. The van der Waals surface area contributed by atoms with Crippen LogP contribution in [0, 0.1) is 0 Å². The lowest BCUT2D eigenvalue weighted by Gasteiger charge is -2.17. The maximum Gasteiger partial charge on any atom is 0.260 e. The molecule has 126 valence electrons. The summed E-state index contributed by atoms with van der Waals surface area (Å²) < 4.78 is 1.89. The SMILES string of the molecule is CC(Sc1nncn1C)c1ccnc(N2Cc3ccccc3C2=O)c1. The Morgan fingerprint density at radius 2 is 2.08 bits per heavy atom. The van der Waals surface area contributed by atoms with Gasteiger partial charge in [-0.1, -0.05) is 30.0 Å². The summed E-state index contributed by atoms with van der Waals surface area (Å²) in [5, 5.41) is 9.05. The number of aryl methyl sites for hydroxylation is 1. The molecule has 0 fully saturated rings. The number of carbonyl (C=O) groups excluding carboxylic acids is 1. The number of fused-ring (bicyclic) bond motifs is 1. The second kappa shape index (κ2) is 6.33. The molecule has 3 aromatic rings. The van der Waals surface area contributed by atoms with Crippen LogP contribution in [0.3, 0.4) is 0 Å². The van der Waals surface area contributed by atoms with Gasteiger partial charge in [0.05, 0.1) is 6.54 Å². The molecule has 1 aliphatic heterocycles. The molecule has 6 nitrogen and oxygen atoms in total. The summed E-state index contributed by atoms with van der Waals surface area (Å²) in [5.41, 5.74) is 2.90. The number of carbonyl (C=O) groups is 1. The van der Waals surface area contributed by atoms with Gasteiger partial charge >= 0.3 is 0 Å². The Bertz CT molecular complexity index is 938. The number of nitrogens with zero attached hydrogens (tertiary/aromatic N) is 5. The molecular weight excluding hydrogens is 334 g/mol. The Hall–Kier alpha value is -2.67. The molecule has 0 bridgehead atoms. The first kappa shape index (κ1) is 15.8. The van der Waals surface area contributed by atoms with E-state index in [2.05, 4.69) is 22.1 Å². The van der Waals surface area contributed by atoms with Crippen molar-refractivity contribution in [1.29, 1.82) is 0 Å². The molecule has 1 aliphatic rings. The number of thioether (sulfide) groups is 1. The first-order chi connectivity index (χ1) is 12.1. The second-order valence-electron chi connectivity index (χ2n) is 5.98. The van der Waals surface area contributed by atoms with E-state index in [0.717, 1.165) is 21.8 Å². The van der Waals surface area contributed by atoms with Gasteiger partial charge in [0.1, 0.15) is 12.1 Å². The Kier molecular flexibility index (Phi) is 4.01. The summed E-state index contributed by atoms with van der Waals surface area (Å²) in [5.74, 6) is 0.693. The number of benzene rings is 1. The van der Waals surface area contributed by atoms with Crippen LogP contribution in [-0.4, -0.2) is 25.7 Å². The van der Waals surface area contributed by atoms with Crippen molar-refractivity contribution < 1.29 is 4.79 Å². The fraction of sp³-hybridized carbons (Fsp3) is 0.222. The van der Waals surface area contributed by atoms with Crippen molar-refractivity contribution in [1.82, 2.24) is 19.7 Å². The van der Waals surface area contributed by atoms with E-state index < -0.39 is 0 Å². The van der Waals surface area contributed by atoms with E-state index >= 15 is 0 Å². The lowest BCUT2D eigenvalue weighted by Crippen LogP contribution is -2.24. The zero-order chi connectivity index (χ0) is 17.4. The fourth-order valence-electron chi connectivity index (χ4n) is 2.88. The number of hydrogen-bond acceptors (Lipinski definition) is 5. The summed E-state index contributed by atoms with van der Waals surface area (Å²) in [6, 6.07) is 11.7. The van der Waals surface area contributed by atoms with Gasteiger partial charge < -0.3 is 4.57 Å². The van der Waals surface area contributed by atoms with Crippen LogP contribution < -0.4 is 4.90 Å². The number of anilines is 1. The van der Waals surface area contributed by atoms with Crippen molar-refractivity contribution in [3.05, 3.63) is 65.6 Å². The quantitative estimate of drug-likeness (QED) is 0.675. The van der Waals surface area contributed by atoms with Crippen LogP contribution in [0.1, 0.15) is 33.7 Å². The summed E-state index contributed by atoms with van der Waals surface area (Å²) >= 11 is 1.63. The van der Waals surface area contributed by atoms with Gasteiger partial charge in [-0.15, -0.1) is 10.2 Å². The van der Waals surface area contributed by atoms with E-state index in [1.54, 1.807) is 29.2 Å². The topological polar surface area (TPSA) is 63.9 Å². The van der Waals surface area contributed by atoms with Crippen molar-refractivity contribution in [2.75, 3.05) is 4.90 Å². The largest absolute Gasteiger partial charge is 0.312 e. The predicted molar refractivity (Wildman–Crippen MR) is 96.5 cm³/mol. The van der Waals surface area contributed by atoms with Crippen LogP contribution in [0.15, 0.2) is 54.1 Å². The highest BCUT2D eigenvalue weighted by atomic mass is 32.2. The third-order valence-electron chi connectivity index (χ3n) is 4.29. The lowest BCUT2D eigenvalue weighted by molar-refractivity contribution is 0.0996. The molecule has 25 heavy (non-hydrogen) atoms. The van der Waals surface area contributed by atoms with E-state index in [4.69, 9.17) is 0 Å². The number of pyridine rings is 1. The first-order valence-electron chi connectivity index (χ1n) is 8.00. The highest BCUT2D eigenvalue weighted by Gasteiger charge is 2.29. The van der Waals surface area contributed by atoms with E-state index in [9.17, 15) is 4.79 Å². The Morgan fingerprint density at radius 1 is 1.24 bits per heavy atom. The minimum Gasteiger partial charge on any atom is -0.312 e. The van der Waals surface area contributed by atoms with Gasteiger partial charge in [0, 0.05) is 24.1 Å². The third-order valence-corrected chi connectivity index (χ3v) is 5.50. The van der Waals surface area contributed by atoms with Gasteiger partial charge in [0.2, 0.25) is 0 Å². The molecule has 1 unspecified atom stereocenters. The molecule has 0 saturated carbocycles. The summed E-state index contributed by atoms with van der Waals surface area (Å²) in [6.07, 6.45) is 3.45. The van der Waals surface area contributed by atoms with Crippen molar-refractivity contribution >= 4 is 23.5 Å². The molecule has 0 saturated heterocycles. The van der Waals surface area contributed by atoms with Gasteiger partial charge in [0.15, 0.2) is 5.16 Å². The molecule has 3 heterocycles. The highest BCUT2D eigenvalue weighted by Crippen LogP contribution is 2.35. The number of hydrogen-bond donors (Lipinski definition) is 0. The number of rotatable bonds is 4. The first-order valence-corrected chi connectivity index (χ1v) is 8.88. The van der Waals surface area contributed by atoms with Crippen LogP contribution in [0.5, 0.6) is 0 Å². The fourth-order valence-corrected chi connectivity index (χ4v) is 3.79.